The Labute approximate surface area is 121 Å². The van der Waals surface area contributed by atoms with Crippen LogP contribution in [0.2, 0.25) is 0 Å². The summed E-state index contributed by atoms with van der Waals surface area (Å²) >= 11 is 0. The first-order valence-electron chi connectivity index (χ1n) is 6.49. The third kappa shape index (κ3) is 3.02. The van der Waals surface area contributed by atoms with Crippen molar-refractivity contribution in [1.82, 2.24) is 15.0 Å². The van der Waals surface area contributed by atoms with Crippen molar-refractivity contribution in [1.29, 1.82) is 0 Å². The standard InChI is InChI=1S/C16H13FN4/c1-11-10-19-16(12-3-2-4-13(17)9-12)21-15(11)20-14-5-7-18-8-6-14/h2-10H,1H3,(H,18,19,20,21). The van der Waals surface area contributed by atoms with Crippen LogP contribution in [-0.2, 0) is 0 Å². The lowest BCUT2D eigenvalue weighted by molar-refractivity contribution is 0.628. The molecule has 2 heterocycles. The number of anilines is 2. The number of benzene rings is 1. The summed E-state index contributed by atoms with van der Waals surface area (Å²) in [6.07, 6.45) is 5.12. The topological polar surface area (TPSA) is 50.7 Å². The van der Waals surface area contributed by atoms with Crippen LogP contribution >= 0.6 is 0 Å². The average Bonchev–Trinajstić information content (AvgIpc) is 2.50. The maximum absolute atomic E-state index is 13.3. The van der Waals surface area contributed by atoms with Gasteiger partial charge in [0.1, 0.15) is 11.6 Å². The molecule has 21 heavy (non-hydrogen) atoms. The van der Waals surface area contributed by atoms with Gasteiger partial charge in [0.25, 0.3) is 0 Å². The van der Waals surface area contributed by atoms with E-state index in [1.807, 2.05) is 19.1 Å². The molecule has 1 N–H and O–H groups in total. The van der Waals surface area contributed by atoms with E-state index in [0.717, 1.165) is 11.3 Å². The molecule has 2 aromatic heterocycles. The molecular formula is C16H13FN4. The molecule has 0 amide bonds. The quantitative estimate of drug-likeness (QED) is 0.794. The third-order valence-corrected chi connectivity index (χ3v) is 3.00. The zero-order valence-electron chi connectivity index (χ0n) is 11.4. The highest BCUT2D eigenvalue weighted by Gasteiger charge is 2.07. The van der Waals surface area contributed by atoms with Gasteiger partial charge in [-0.05, 0) is 31.2 Å². The highest BCUT2D eigenvalue weighted by atomic mass is 19.1. The second kappa shape index (κ2) is 5.66. The molecule has 3 rings (SSSR count). The molecule has 4 nitrogen and oxygen atoms in total. The molecule has 0 fully saturated rings. The van der Waals surface area contributed by atoms with Crippen LogP contribution in [-0.4, -0.2) is 15.0 Å². The second-order valence-corrected chi connectivity index (χ2v) is 4.60. The minimum Gasteiger partial charge on any atom is -0.340 e. The summed E-state index contributed by atoms with van der Waals surface area (Å²) in [5, 5.41) is 3.21. The number of nitrogens with one attached hydrogen (secondary N) is 1. The van der Waals surface area contributed by atoms with Crippen LogP contribution in [0.1, 0.15) is 5.56 Å². The van der Waals surface area contributed by atoms with Crippen molar-refractivity contribution in [3.05, 3.63) is 66.4 Å². The van der Waals surface area contributed by atoms with E-state index in [4.69, 9.17) is 0 Å². The molecule has 0 aliphatic carbocycles. The fourth-order valence-electron chi connectivity index (χ4n) is 1.91. The SMILES string of the molecule is Cc1cnc(-c2cccc(F)c2)nc1Nc1ccncc1. The van der Waals surface area contributed by atoms with Crippen LogP contribution in [0.15, 0.2) is 55.0 Å². The molecule has 3 aromatic rings. The van der Waals surface area contributed by atoms with Crippen LogP contribution in [0.25, 0.3) is 11.4 Å². The van der Waals surface area contributed by atoms with E-state index in [1.165, 1.54) is 12.1 Å². The molecule has 104 valence electrons. The predicted octanol–water partition coefficient (Wildman–Crippen LogP) is 3.73. The fourth-order valence-corrected chi connectivity index (χ4v) is 1.91. The van der Waals surface area contributed by atoms with E-state index >= 15 is 0 Å². The van der Waals surface area contributed by atoms with E-state index in [-0.39, 0.29) is 5.82 Å². The summed E-state index contributed by atoms with van der Waals surface area (Å²) < 4.78 is 13.3. The zero-order valence-corrected chi connectivity index (χ0v) is 11.4. The highest BCUT2D eigenvalue weighted by molar-refractivity contribution is 5.62. The van der Waals surface area contributed by atoms with Gasteiger partial charge in [0.2, 0.25) is 0 Å². The van der Waals surface area contributed by atoms with Gasteiger partial charge in [-0.25, -0.2) is 14.4 Å². The number of aryl methyl sites for hydroxylation is 1. The fraction of sp³-hybridized carbons (Fsp3) is 0.0625. The molecule has 0 radical (unpaired) electrons. The summed E-state index contributed by atoms with van der Waals surface area (Å²) in [5.74, 6) is 0.868. The Morgan fingerprint density at radius 1 is 1.10 bits per heavy atom. The molecule has 0 saturated carbocycles. The smallest absolute Gasteiger partial charge is 0.161 e. The zero-order chi connectivity index (χ0) is 14.7. The maximum Gasteiger partial charge on any atom is 0.161 e. The second-order valence-electron chi connectivity index (χ2n) is 4.60. The normalized spacial score (nSPS) is 10.4. The summed E-state index contributed by atoms with van der Waals surface area (Å²) in [5.41, 5.74) is 2.44. The summed E-state index contributed by atoms with van der Waals surface area (Å²) in [7, 11) is 0. The molecule has 0 atom stereocenters. The van der Waals surface area contributed by atoms with Gasteiger partial charge in [0.05, 0.1) is 0 Å². The first-order valence-corrected chi connectivity index (χ1v) is 6.49. The van der Waals surface area contributed by atoms with Crippen molar-refractivity contribution < 1.29 is 4.39 Å². The van der Waals surface area contributed by atoms with Gasteiger partial charge in [-0.2, -0.15) is 0 Å². The lowest BCUT2D eigenvalue weighted by Gasteiger charge is -2.09. The minimum absolute atomic E-state index is 0.305. The third-order valence-electron chi connectivity index (χ3n) is 3.00. The summed E-state index contributed by atoms with van der Waals surface area (Å²) in [4.78, 5) is 12.7. The Kier molecular flexibility index (Phi) is 3.55. The number of aromatic nitrogens is 3. The molecule has 0 bridgehead atoms. The number of rotatable bonds is 3. The van der Waals surface area contributed by atoms with Crippen molar-refractivity contribution >= 4 is 11.5 Å². The van der Waals surface area contributed by atoms with Crippen LogP contribution < -0.4 is 5.32 Å². The summed E-state index contributed by atoms with van der Waals surface area (Å²) in [6, 6.07) is 9.94. The van der Waals surface area contributed by atoms with Gasteiger partial charge in [-0.1, -0.05) is 12.1 Å². The van der Waals surface area contributed by atoms with Gasteiger partial charge in [-0.15, -0.1) is 0 Å². The summed E-state index contributed by atoms with van der Waals surface area (Å²) in [6.45, 7) is 1.92. The molecule has 0 saturated heterocycles. The van der Waals surface area contributed by atoms with E-state index in [9.17, 15) is 4.39 Å². The minimum atomic E-state index is -0.305. The number of nitrogens with zero attached hydrogens (tertiary/aromatic N) is 3. The van der Waals surface area contributed by atoms with Crippen LogP contribution in [0.5, 0.6) is 0 Å². The predicted molar refractivity (Wildman–Crippen MR) is 79.7 cm³/mol. The largest absolute Gasteiger partial charge is 0.340 e. The molecular weight excluding hydrogens is 267 g/mol. The van der Waals surface area contributed by atoms with Gasteiger partial charge in [-0.3, -0.25) is 4.98 Å². The monoisotopic (exact) mass is 280 g/mol. The first kappa shape index (κ1) is 13.2. The molecule has 0 spiro atoms. The van der Waals surface area contributed by atoms with Crippen molar-refractivity contribution in [3.63, 3.8) is 0 Å². The first-order chi connectivity index (χ1) is 10.2. The van der Waals surface area contributed by atoms with Crippen LogP contribution in [0, 0.1) is 12.7 Å². The Balaban J connectivity index is 1.97. The van der Waals surface area contributed by atoms with E-state index < -0.39 is 0 Å². The van der Waals surface area contributed by atoms with Crippen LogP contribution in [0.4, 0.5) is 15.9 Å². The lowest BCUT2D eigenvalue weighted by Crippen LogP contribution is -2.00. The Morgan fingerprint density at radius 3 is 2.67 bits per heavy atom. The molecule has 0 aliphatic heterocycles. The Hall–Kier alpha value is -2.82. The molecule has 1 aromatic carbocycles. The van der Waals surface area contributed by atoms with Crippen molar-refractivity contribution in [3.8, 4) is 11.4 Å². The lowest BCUT2D eigenvalue weighted by atomic mass is 10.2. The number of hydrogen-bond donors (Lipinski definition) is 1. The molecule has 0 aliphatic rings. The van der Waals surface area contributed by atoms with Gasteiger partial charge in [0.15, 0.2) is 5.82 Å². The van der Waals surface area contributed by atoms with E-state index in [2.05, 4.69) is 20.3 Å². The number of pyridine rings is 1. The average molecular weight is 280 g/mol. The van der Waals surface area contributed by atoms with Crippen LogP contribution in [0.3, 0.4) is 0 Å². The van der Waals surface area contributed by atoms with Crippen molar-refractivity contribution in [2.24, 2.45) is 0 Å². The number of hydrogen-bond acceptors (Lipinski definition) is 4. The molecule has 5 heteroatoms. The maximum atomic E-state index is 13.3. The Morgan fingerprint density at radius 2 is 1.90 bits per heavy atom. The highest BCUT2D eigenvalue weighted by Crippen LogP contribution is 2.22. The van der Waals surface area contributed by atoms with Crippen molar-refractivity contribution in [2.75, 3.05) is 5.32 Å². The van der Waals surface area contributed by atoms with Crippen molar-refractivity contribution in [2.45, 2.75) is 6.92 Å². The van der Waals surface area contributed by atoms with Gasteiger partial charge >= 0.3 is 0 Å². The van der Waals surface area contributed by atoms with E-state index in [0.29, 0.717) is 17.2 Å². The molecule has 0 unspecified atom stereocenters. The van der Waals surface area contributed by atoms with E-state index in [1.54, 1.807) is 30.7 Å². The van der Waals surface area contributed by atoms with Gasteiger partial charge < -0.3 is 5.32 Å². The Bertz CT molecular complexity index is 759. The number of halogens is 1. The van der Waals surface area contributed by atoms with Gasteiger partial charge in [0, 0.05) is 35.4 Å².